The zero-order valence-electron chi connectivity index (χ0n) is 6.48. The molecule has 0 radical (unpaired) electrons. The number of nitro groups is 1. The molecule has 0 bridgehead atoms. The second-order valence-electron chi connectivity index (χ2n) is 2.30. The number of hydrogen-bond acceptors (Lipinski definition) is 4. The van der Waals surface area contributed by atoms with Crippen molar-refractivity contribution in [1.82, 2.24) is 0 Å². The van der Waals surface area contributed by atoms with Gasteiger partial charge in [0.15, 0.2) is 0 Å². The zero-order valence-corrected chi connectivity index (χ0v) is 7.23. The van der Waals surface area contributed by atoms with E-state index in [-0.39, 0.29) is 11.4 Å². The molecule has 1 aromatic rings. The minimum atomic E-state index is -0.555. The Hall–Kier alpha value is -1.62. The first-order valence-corrected chi connectivity index (χ1v) is 3.67. The van der Waals surface area contributed by atoms with Crippen LogP contribution in [0, 0.1) is 10.1 Å². The summed E-state index contributed by atoms with van der Waals surface area (Å²) in [5, 5.41) is 10.4. The third-order valence-corrected chi connectivity index (χ3v) is 1.55. The highest BCUT2D eigenvalue weighted by Gasteiger charge is 2.10. The van der Waals surface area contributed by atoms with E-state index in [0.717, 1.165) is 0 Å². The molecule has 5 nitrogen and oxygen atoms in total. The van der Waals surface area contributed by atoms with Crippen LogP contribution in [0.4, 0.5) is 11.4 Å². The lowest BCUT2D eigenvalue weighted by atomic mass is 10.2. The van der Waals surface area contributed by atoms with Gasteiger partial charge in [-0.1, -0.05) is 6.07 Å². The standard InChI is InChI=1S/C7H6ClN3O2/c8-10-4-5-1-2-6(9)7(3-5)11(12)13/h1-4H,9H2. The number of nitrogens with zero attached hydrogens (tertiary/aromatic N) is 2. The molecule has 0 unspecified atom stereocenters. The topological polar surface area (TPSA) is 81.5 Å². The van der Waals surface area contributed by atoms with Gasteiger partial charge >= 0.3 is 0 Å². The van der Waals surface area contributed by atoms with Gasteiger partial charge in [0, 0.05) is 29.6 Å². The van der Waals surface area contributed by atoms with Gasteiger partial charge in [0.1, 0.15) is 5.69 Å². The molecule has 0 aliphatic heterocycles. The molecule has 1 rings (SSSR count). The average molecular weight is 200 g/mol. The van der Waals surface area contributed by atoms with Crippen LogP contribution in [-0.4, -0.2) is 11.1 Å². The molecule has 0 aromatic heterocycles. The van der Waals surface area contributed by atoms with Crippen LogP contribution in [0.1, 0.15) is 5.56 Å². The van der Waals surface area contributed by atoms with Crippen molar-refractivity contribution in [2.45, 2.75) is 0 Å². The molecule has 0 heterocycles. The number of hydrogen-bond donors (Lipinski definition) is 1. The van der Waals surface area contributed by atoms with Crippen LogP contribution < -0.4 is 5.73 Å². The molecular weight excluding hydrogens is 194 g/mol. The van der Waals surface area contributed by atoms with Gasteiger partial charge in [-0.15, -0.1) is 0 Å². The van der Waals surface area contributed by atoms with Crippen LogP contribution in [0.5, 0.6) is 0 Å². The molecule has 0 fully saturated rings. The van der Waals surface area contributed by atoms with E-state index in [2.05, 4.69) is 4.51 Å². The molecule has 6 heteroatoms. The van der Waals surface area contributed by atoms with Gasteiger partial charge in [-0.25, -0.2) is 0 Å². The summed E-state index contributed by atoms with van der Waals surface area (Å²) in [6, 6.07) is 4.33. The Morgan fingerprint density at radius 2 is 2.31 bits per heavy atom. The quantitative estimate of drug-likeness (QED) is 0.341. The smallest absolute Gasteiger partial charge is 0.292 e. The van der Waals surface area contributed by atoms with Crippen molar-refractivity contribution in [1.29, 1.82) is 0 Å². The van der Waals surface area contributed by atoms with Crippen molar-refractivity contribution in [2.24, 2.45) is 4.51 Å². The maximum absolute atomic E-state index is 10.4. The second kappa shape index (κ2) is 3.86. The van der Waals surface area contributed by atoms with E-state index in [1.54, 1.807) is 6.07 Å². The lowest BCUT2D eigenvalue weighted by Gasteiger charge is -1.97. The molecule has 0 atom stereocenters. The molecule has 13 heavy (non-hydrogen) atoms. The number of rotatable bonds is 2. The Bertz CT molecular complexity index is 365. The first-order chi connectivity index (χ1) is 6.15. The Morgan fingerprint density at radius 1 is 1.62 bits per heavy atom. The maximum atomic E-state index is 10.4. The fourth-order valence-electron chi connectivity index (χ4n) is 0.855. The lowest BCUT2D eigenvalue weighted by Crippen LogP contribution is -1.96. The van der Waals surface area contributed by atoms with Crippen molar-refractivity contribution < 1.29 is 4.92 Å². The van der Waals surface area contributed by atoms with Crippen LogP contribution in [0.2, 0.25) is 0 Å². The Morgan fingerprint density at radius 3 is 2.85 bits per heavy atom. The largest absolute Gasteiger partial charge is 0.393 e. The summed E-state index contributed by atoms with van der Waals surface area (Å²) in [7, 11) is 0. The number of anilines is 1. The van der Waals surface area contributed by atoms with E-state index in [1.165, 1.54) is 18.3 Å². The molecule has 1 aromatic carbocycles. The van der Waals surface area contributed by atoms with Crippen molar-refractivity contribution in [2.75, 3.05) is 5.73 Å². The van der Waals surface area contributed by atoms with Crippen molar-refractivity contribution in [3.05, 3.63) is 33.9 Å². The summed E-state index contributed by atoms with van der Waals surface area (Å²) < 4.78 is 3.22. The minimum Gasteiger partial charge on any atom is -0.393 e. The summed E-state index contributed by atoms with van der Waals surface area (Å²) >= 11 is 5.08. The third kappa shape index (κ3) is 2.16. The molecular formula is C7H6ClN3O2. The summed E-state index contributed by atoms with van der Waals surface area (Å²) in [6.45, 7) is 0. The van der Waals surface area contributed by atoms with Crippen LogP contribution >= 0.6 is 11.8 Å². The summed E-state index contributed by atoms with van der Waals surface area (Å²) in [4.78, 5) is 9.87. The van der Waals surface area contributed by atoms with E-state index in [1.807, 2.05) is 0 Å². The van der Waals surface area contributed by atoms with Gasteiger partial charge in [-0.05, 0) is 6.07 Å². The molecule has 0 spiro atoms. The van der Waals surface area contributed by atoms with Crippen LogP contribution in [0.15, 0.2) is 22.7 Å². The monoisotopic (exact) mass is 199 g/mol. The first-order valence-electron chi connectivity index (χ1n) is 3.33. The number of nitro benzene ring substituents is 1. The van der Waals surface area contributed by atoms with E-state index < -0.39 is 4.92 Å². The molecule has 68 valence electrons. The molecule has 0 aliphatic carbocycles. The van der Waals surface area contributed by atoms with Crippen molar-refractivity contribution in [3.63, 3.8) is 0 Å². The van der Waals surface area contributed by atoms with Gasteiger partial charge < -0.3 is 5.73 Å². The van der Waals surface area contributed by atoms with E-state index in [4.69, 9.17) is 17.5 Å². The van der Waals surface area contributed by atoms with E-state index in [0.29, 0.717) is 5.56 Å². The Kier molecular flexibility index (Phi) is 2.81. The number of benzene rings is 1. The molecule has 2 N–H and O–H groups in total. The van der Waals surface area contributed by atoms with Gasteiger partial charge in [0.25, 0.3) is 5.69 Å². The van der Waals surface area contributed by atoms with Crippen molar-refractivity contribution >= 4 is 29.4 Å². The maximum Gasteiger partial charge on any atom is 0.292 e. The predicted octanol–water partition coefficient (Wildman–Crippen LogP) is 1.75. The highest BCUT2D eigenvalue weighted by atomic mass is 35.5. The fourth-order valence-corrected chi connectivity index (χ4v) is 0.968. The molecule has 0 amide bonds. The SMILES string of the molecule is Nc1ccc(C=NCl)cc1[N+](=O)[O-]. The van der Waals surface area contributed by atoms with Gasteiger partial charge in [-0.3, -0.25) is 10.1 Å². The van der Waals surface area contributed by atoms with Gasteiger partial charge in [0.05, 0.1) is 4.92 Å². The van der Waals surface area contributed by atoms with Crippen LogP contribution in [0.3, 0.4) is 0 Å². The summed E-state index contributed by atoms with van der Waals surface area (Å²) in [5.74, 6) is 0. The number of nitrogens with two attached hydrogens (primary N) is 1. The predicted molar refractivity (Wildman–Crippen MR) is 51.0 cm³/mol. The number of nitrogen functional groups attached to an aromatic ring is 1. The lowest BCUT2D eigenvalue weighted by molar-refractivity contribution is -0.383. The normalized spacial score (nSPS) is 10.5. The Labute approximate surface area is 79.1 Å². The Balaban J connectivity index is 3.18. The number of halogens is 1. The second-order valence-corrected chi connectivity index (χ2v) is 2.50. The van der Waals surface area contributed by atoms with E-state index >= 15 is 0 Å². The molecule has 0 saturated carbocycles. The van der Waals surface area contributed by atoms with Crippen molar-refractivity contribution in [3.8, 4) is 0 Å². The molecule has 0 saturated heterocycles. The van der Waals surface area contributed by atoms with Crippen LogP contribution in [0.25, 0.3) is 0 Å². The summed E-state index contributed by atoms with van der Waals surface area (Å²) in [5.41, 5.74) is 5.88. The minimum absolute atomic E-state index is 0.122. The van der Waals surface area contributed by atoms with Crippen LogP contribution in [-0.2, 0) is 0 Å². The average Bonchev–Trinajstić information content (AvgIpc) is 2.08. The zero-order chi connectivity index (χ0) is 9.84. The van der Waals surface area contributed by atoms with Gasteiger partial charge in [0.2, 0.25) is 0 Å². The first kappa shape index (κ1) is 9.47. The molecule has 0 aliphatic rings. The van der Waals surface area contributed by atoms with E-state index in [9.17, 15) is 10.1 Å². The highest BCUT2D eigenvalue weighted by molar-refractivity contribution is 6.18. The third-order valence-electron chi connectivity index (χ3n) is 1.45. The summed E-state index contributed by atoms with van der Waals surface area (Å²) in [6.07, 6.45) is 1.30. The fraction of sp³-hybridized carbons (Fsp3) is 0. The highest BCUT2D eigenvalue weighted by Crippen LogP contribution is 2.21. The van der Waals surface area contributed by atoms with Gasteiger partial charge in [-0.2, -0.15) is 4.51 Å².